The molecule has 1 aromatic carbocycles. The van der Waals surface area contributed by atoms with Crippen LogP contribution in [-0.4, -0.2) is 12.7 Å². The lowest BCUT2D eigenvalue weighted by molar-refractivity contribution is -0.307. The number of nitrogens with two attached hydrogens (primary N) is 2. The largest absolute Gasteiger partial charge is 0.572 e. The van der Waals surface area contributed by atoms with Gasteiger partial charge in [0.15, 0.2) is 0 Å². The first kappa shape index (κ1) is 28.8. The van der Waals surface area contributed by atoms with Crippen LogP contribution in [-0.2, 0) is 21.8 Å². The van der Waals surface area contributed by atoms with Crippen LogP contribution in [0.25, 0.3) is 11.1 Å². The van der Waals surface area contributed by atoms with Crippen molar-refractivity contribution in [3.05, 3.63) is 80.9 Å². The summed E-state index contributed by atoms with van der Waals surface area (Å²) in [5, 5.41) is -2.27. The molecule has 4 nitrogen and oxygen atoms in total. The van der Waals surface area contributed by atoms with Crippen LogP contribution < -0.4 is 21.9 Å². The fourth-order valence-electron chi connectivity index (χ4n) is 3.67. The number of alkyl halides is 12. The predicted octanol–water partition coefficient (Wildman–Crippen LogP) is 5.36. The Hall–Kier alpha value is -3.72. The van der Waals surface area contributed by atoms with Crippen LogP contribution in [0.15, 0.2) is 59.3 Å². The van der Waals surface area contributed by atoms with Gasteiger partial charge >= 0.3 is 25.1 Å². The molecule has 38 heavy (non-hydrogen) atoms. The molecule has 0 aromatic heterocycles. The van der Waals surface area contributed by atoms with Crippen LogP contribution in [0, 0.1) is 0 Å². The summed E-state index contributed by atoms with van der Waals surface area (Å²) in [6.45, 7) is 0. The Morgan fingerprint density at radius 3 is 1.11 bits per heavy atom. The van der Waals surface area contributed by atoms with E-state index in [1.54, 1.807) is 0 Å². The van der Waals surface area contributed by atoms with E-state index in [0.717, 1.165) is 24.3 Å². The summed E-state index contributed by atoms with van der Waals surface area (Å²) in [5.41, 5.74) is 4.84. The summed E-state index contributed by atoms with van der Waals surface area (Å²) in [6.07, 6.45) is -20.3. The summed E-state index contributed by atoms with van der Waals surface area (Å²) >= 11 is 0. The highest BCUT2D eigenvalue weighted by Crippen LogP contribution is 2.35. The van der Waals surface area contributed by atoms with E-state index in [2.05, 4.69) is 9.47 Å². The molecule has 0 radical (unpaired) electrons. The maximum Gasteiger partial charge on any atom is 0.572 e. The summed E-state index contributed by atoms with van der Waals surface area (Å²) in [7, 11) is 0. The van der Waals surface area contributed by atoms with Crippen molar-refractivity contribution >= 4 is 11.1 Å². The fraction of sp³-hybridized carbons (Fsp3) is 0.273. The van der Waals surface area contributed by atoms with Crippen LogP contribution in [0.3, 0.4) is 0 Å². The lowest BCUT2D eigenvalue weighted by Crippen LogP contribution is -2.32. The molecule has 2 aliphatic carbocycles. The zero-order valence-corrected chi connectivity index (χ0v) is 18.4. The Kier molecular flexibility index (Phi) is 7.24. The standard InChI is InChI=1S/C22H14F12N2O2/c23-19(24,25)13-8-12(10-2-4-16(36)18(6-10)38-22(32,33)34)14(20(26,27)28)7-11(13)9-1-3-15(35)17(5-9)37-21(29,30)31/h1-4,7-8H,5-6,35-36H2. The van der Waals surface area contributed by atoms with Gasteiger partial charge in [0.2, 0.25) is 0 Å². The van der Waals surface area contributed by atoms with Crippen LogP contribution in [0.5, 0.6) is 0 Å². The van der Waals surface area contributed by atoms with E-state index < -0.39 is 93.5 Å². The van der Waals surface area contributed by atoms with E-state index in [0.29, 0.717) is 0 Å². The minimum atomic E-state index is -5.34. The monoisotopic (exact) mass is 566 g/mol. The molecule has 0 atom stereocenters. The Balaban J connectivity index is 2.34. The van der Waals surface area contributed by atoms with Crippen LogP contribution in [0.2, 0.25) is 0 Å². The molecule has 0 spiro atoms. The lowest BCUT2D eigenvalue weighted by atomic mass is 9.92. The molecule has 0 amide bonds. The molecule has 208 valence electrons. The normalized spacial score (nSPS) is 20.3. The molecule has 4 N–H and O–H groups in total. The quantitative estimate of drug-likeness (QED) is 0.474. The molecule has 0 heterocycles. The van der Waals surface area contributed by atoms with E-state index in [-0.39, 0.29) is 12.1 Å². The van der Waals surface area contributed by atoms with Crippen molar-refractivity contribution in [3.8, 4) is 0 Å². The van der Waals surface area contributed by atoms with Crippen molar-refractivity contribution in [3.63, 3.8) is 0 Å². The number of hydrogen-bond acceptors (Lipinski definition) is 4. The van der Waals surface area contributed by atoms with E-state index in [1.807, 2.05) is 0 Å². The third-order valence-electron chi connectivity index (χ3n) is 5.21. The van der Waals surface area contributed by atoms with Crippen molar-refractivity contribution in [2.45, 2.75) is 37.9 Å². The molecule has 0 unspecified atom stereocenters. The minimum Gasteiger partial charge on any atom is -0.408 e. The second-order valence-electron chi connectivity index (χ2n) is 7.86. The average molecular weight is 566 g/mol. The number of hydrogen-bond donors (Lipinski definition) is 2. The summed E-state index contributed by atoms with van der Waals surface area (Å²) in [5.74, 6) is -2.08. The van der Waals surface area contributed by atoms with Gasteiger partial charge in [-0.25, -0.2) is 0 Å². The topological polar surface area (TPSA) is 70.5 Å². The Morgan fingerprint density at radius 1 is 0.526 bits per heavy atom. The molecule has 0 bridgehead atoms. The molecule has 0 saturated carbocycles. The van der Waals surface area contributed by atoms with Gasteiger partial charge in [0.05, 0.1) is 22.5 Å². The van der Waals surface area contributed by atoms with Crippen LogP contribution in [0.1, 0.15) is 24.0 Å². The summed E-state index contributed by atoms with van der Waals surface area (Å²) < 4.78 is 167. The molecule has 16 heteroatoms. The third kappa shape index (κ3) is 6.77. The number of ether oxygens (including phenoxy) is 2. The highest BCUT2D eigenvalue weighted by Gasteiger charge is 2.39. The number of halogens is 12. The van der Waals surface area contributed by atoms with Crippen molar-refractivity contribution in [2.75, 3.05) is 0 Å². The van der Waals surface area contributed by atoms with Gasteiger partial charge in [0, 0.05) is 12.8 Å². The zero-order chi connectivity index (χ0) is 28.8. The Morgan fingerprint density at radius 2 is 0.842 bits per heavy atom. The van der Waals surface area contributed by atoms with Gasteiger partial charge in [-0.05, 0) is 45.9 Å². The Labute approximate surface area is 204 Å². The molecule has 0 saturated heterocycles. The molecule has 3 rings (SSSR count). The lowest BCUT2D eigenvalue weighted by Gasteiger charge is -2.21. The first-order valence-electron chi connectivity index (χ1n) is 10.1. The second kappa shape index (κ2) is 9.54. The van der Waals surface area contributed by atoms with Gasteiger partial charge in [-0.3, -0.25) is 0 Å². The minimum absolute atomic E-state index is 0.0529. The maximum absolute atomic E-state index is 14.0. The number of benzene rings is 1. The first-order chi connectivity index (χ1) is 17.2. The molecule has 0 aliphatic heterocycles. The molecular formula is C22H14F12N2O2. The van der Waals surface area contributed by atoms with Crippen LogP contribution in [0.4, 0.5) is 52.7 Å². The van der Waals surface area contributed by atoms with Crippen molar-refractivity contribution < 1.29 is 62.2 Å². The Bertz CT molecular complexity index is 1270. The third-order valence-corrected chi connectivity index (χ3v) is 5.21. The van der Waals surface area contributed by atoms with E-state index in [4.69, 9.17) is 11.5 Å². The van der Waals surface area contributed by atoms with Gasteiger partial charge in [0.25, 0.3) is 0 Å². The predicted molar refractivity (Wildman–Crippen MR) is 107 cm³/mol. The molecular weight excluding hydrogens is 552 g/mol. The van der Waals surface area contributed by atoms with Crippen molar-refractivity contribution in [1.29, 1.82) is 0 Å². The van der Waals surface area contributed by atoms with Crippen LogP contribution >= 0.6 is 0 Å². The van der Waals surface area contributed by atoms with Gasteiger partial charge in [0.1, 0.15) is 11.5 Å². The van der Waals surface area contributed by atoms with Gasteiger partial charge in [-0.15, -0.1) is 26.3 Å². The van der Waals surface area contributed by atoms with Crippen molar-refractivity contribution in [2.24, 2.45) is 11.5 Å². The molecule has 2 aliphatic rings. The summed E-state index contributed by atoms with van der Waals surface area (Å²) in [6, 6.07) is 0.106. The smallest absolute Gasteiger partial charge is 0.408 e. The van der Waals surface area contributed by atoms with Gasteiger partial charge in [-0.2, -0.15) is 26.3 Å². The van der Waals surface area contributed by atoms with E-state index in [9.17, 15) is 52.7 Å². The molecule has 1 aromatic rings. The van der Waals surface area contributed by atoms with E-state index in [1.165, 1.54) is 0 Å². The highest BCUT2D eigenvalue weighted by atomic mass is 19.4. The molecule has 0 fully saturated rings. The SMILES string of the molecule is NC1=C(OC(F)(F)F)CC(=c2cc(C(F)(F)F)c(=C3C=CC(N)=C(OC(F)(F)F)C3)cc2C(F)(F)F)C=C1. The second-order valence-corrected chi connectivity index (χ2v) is 7.86. The number of rotatable bonds is 2. The summed E-state index contributed by atoms with van der Waals surface area (Å²) in [4.78, 5) is 0. The first-order valence-corrected chi connectivity index (χ1v) is 10.1. The van der Waals surface area contributed by atoms with E-state index >= 15 is 0 Å². The number of allylic oxidation sites excluding steroid dienone is 6. The van der Waals surface area contributed by atoms with Gasteiger partial charge in [-0.1, -0.05) is 12.2 Å². The highest BCUT2D eigenvalue weighted by molar-refractivity contribution is 5.68. The zero-order valence-electron chi connectivity index (χ0n) is 18.4. The van der Waals surface area contributed by atoms with Gasteiger partial charge < -0.3 is 20.9 Å². The average Bonchev–Trinajstić information content (AvgIpc) is 2.73. The maximum atomic E-state index is 14.0. The van der Waals surface area contributed by atoms with Crippen molar-refractivity contribution in [1.82, 2.24) is 0 Å². The fourth-order valence-corrected chi connectivity index (χ4v) is 3.67.